The van der Waals surface area contributed by atoms with Gasteiger partial charge in [-0.2, -0.15) is 0 Å². The number of nitrogens with zero attached hydrogens (tertiary/aromatic N) is 4. The number of benzene rings is 2. The number of nitrogens with one attached hydrogen (secondary N) is 1. The van der Waals surface area contributed by atoms with Crippen LogP contribution in [0.3, 0.4) is 0 Å². The maximum absolute atomic E-state index is 6.10. The van der Waals surface area contributed by atoms with Gasteiger partial charge in [-0.1, -0.05) is 35.4 Å². The Morgan fingerprint density at radius 3 is 2.83 bits per heavy atom. The highest BCUT2D eigenvalue weighted by atomic mass is 79.9. The van der Waals surface area contributed by atoms with Crippen LogP contribution in [0.2, 0.25) is 0 Å². The highest BCUT2D eigenvalue weighted by Gasteiger charge is 2.14. The van der Waals surface area contributed by atoms with E-state index in [-0.39, 0.29) is 0 Å². The van der Waals surface area contributed by atoms with Gasteiger partial charge in [0.2, 0.25) is 5.95 Å². The third-order valence-electron chi connectivity index (χ3n) is 4.29. The summed E-state index contributed by atoms with van der Waals surface area (Å²) in [6.45, 7) is 9.83. The molecule has 0 aliphatic carbocycles. The second kappa shape index (κ2) is 10.1. The van der Waals surface area contributed by atoms with Gasteiger partial charge < -0.3 is 14.8 Å². The first-order chi connectivity index (χ1) is 14.1. The number of halogens is 1. The van der Waals surface area contributed by atoms with Crippen molar-refractivity contribution in [3.63, 3.8) is 0 Å². The number of rotatable bonds is 10. The third-order valence-corrected chi connectivity index (χ3v) is 4.88. The van der Waals surface area contributed by atoms with Crippen molar-refractivity contribution in [3.8, 4) is 11.5 Å². The highest BCUT2D eigenvalue weighted by molar-refractivity contribution is 9.10. The molecule has 0 atom stereocenters. The van der Waals surface area contributed by atoms with Gasteiger partial charge in [0.25, 0.3) is 0 Å². The van der Waals surface area contributed by atoms with Crippen molar-refractivity contribution < 1.29 is 9.47 Å². The zero-order valence-corrected chi connectivity index (χ0v) is 18.1. The van der Waals surface area contributed by atoms with Crippen LogP contribution in [-0.2, 0) is 19.7 Å². The molecule has 152 valence electrons. The topological polar surface area (TPSA) is 74.1 Å². The predicted octanol–water partition coefficient (Wildman–Crippen LogP) is 4.52. The lowest BCUT2D eigenvalue weighted by molar-refractivity contribution is 0.267. The molecule has 8 heteroatoms. The average Bonchev–Trinajstić information content (AvgIpc) is 3.15. The van der Waals surface area contributed by atoms with E-state index >= 15 is 0 Å². The second-order valence-electron chi connectivity index (χ2n) is 6.38. The van der Waals surface area contributed by atoms with Crippen molar-refractivity contribution in [1.29, 1.82) is 0 Å². The Bertz CT molecular complexity index is 973. The molecule has 0 bridgehead atoms. The first kappa shape index (κ1) is 20.9. The fourth-order valence-corrected chi connectivity index (χ4v) is 3.41. The van der Waals surface area contributed by atoms with Crippen LogP contribution in [0.25, 0.3) is 0 Å². The van der Waals surface area contributed by atoms with Gasteiger partial charge in [0.05, 0.1) is 17.6 Å². The van der Waals surface area contributed by atoms with Gasteiger partial charge in [-0.05, 0) is 69.0 Å². The smallest absolute Gasteiger partial charge is 0.243 e. The van der Waals surface area contributed by atoms with Crippen LogP contribution in [0.5, 0.6) is 11.5 Å². The molecule has 0 aliphatic heterocycles. The van der Waals surface area contributed by atoms with Crippen molar-refractivity contribution in [2.24, 2.45) is 0 Å². The van der Waals surface area contributed by atoms with Crippen LogP contribution < -0.4 is 14.8 Å². The summed E-state index contributed by atoms with van der Waals surface area (Å²) in [5.74, 6) is 1.96. The molecule has 0 saturated carbocycles. The SMILES string of the molecule is C=CCn1nnnc1NCc1cc(Br)c(OCc2ccccc2C)c(OCC)c1. The van der Waals surface area contributed by atoms with Gasteiger partial charge in [-0.15, -0.1) is 6.58 Å². The molecule has 1 heterocycles. The lowest BCUT2D eigenvalue weighted by Gasteiger charge is -2.16. The van der Waals surface area contributed by atoms with E-state index in [1.165, 1.54) is 5.56 Å². The summed E-state index contributed by atoms with van der Waals surface area (Å²) in [4.78, 5) is 0. The van der Waals surface area contributed by atoms with Crippen LogP contribution in [-0.4, -0.2) is 26.8 Å². The fourth-order valence-electron chi connectivity index (χ4n) is 2.81. The molecule has 0 amide bonds. The Kier molecular flexibility index (Phi) is 7.24. The van der Waals surface area contributed by atoms with Gasteiger partial charge in [0, 0.05) is 6.54 Å². The first-order valence-corrected chi connectivity index (χ1v) is 10.1. The number of hydrogen-bond donors (Lipinski definition) is 1. The third kappa shape index (κ3) is 5.35. The van der Waals surface area contributed by atoms with Crippen LogP contribution >= 0.6 is 15.9 Å². The van der Waals surface area contributed by atoms with Crippen molar-refractivity contribution in [2.45, 2.75) is 33.5 Å². The number of aromatic nitrogens is 4. The zero-order valence-electron chi connectivity index (χ0n) is 16.6. The summed E-state index contributed by atoms with van der Waals surface area (Å²) in [6, 6.07) is 12.1. The van der Waals surface area contributed by atoms with E-state index in [4.69, 9.17) is 9.47 Å². The summed E-state index contributed by atoms with van der Waals surface area (Å²) in [7, 11) is 0. The van der Waals surface area contributed by atoms with E-state index < -0.39 is 0 Å². The Balaban J connectivity index is 1.76. The number of anilines is 1. The summed E-state index contributed by atoms with van der Waals surface area (Å²) in [5.41, 5.74) is 3.35. The van der Waals surface area contributed by atoms with Gasteiger partial charge in [-0.25, -0.2) is 4.68 Å². The molecule has 29 heavy (non-hydrogen) atoms. The van der Waals surface area contributed by atoms with Crippen molar-refractivity contribution in [1.82, 2.24) is 20.2 Å². The monoisotopic (exact) mass is 457 g/mol. The van der Waals surface area contributed by atoms with Crippen LogP contribution in [0.15, 0.2) is 53.5 Å². The Morgan fingerprint density at radius 2 is 2.07 bits per heavy atom. The van der Waals surface area contributed by atoms with Crippen molar-refractivity contribution in [2.75, 3.05) is 11.9 Å². The standard InChI is InChI=1S/C21H24BrN5O2/c1-4-10-27-21(24-25-26-27)23-13-16-11-18(22)20(19(12-16)28-5-2)29-14-17-9-7-6-8-15(17)3/h4,6-9,11-12H,1,5,10,13-14H2,2-3H3,(H,23,24,26). The van der Waals surface area contributed by atoms with Crippen LogP contribution in [0, 0.1) is 6.92 Å². The van der Waals surface area contributed by atoms with E-state index in [2.05, 4.69) is 62.4 Å². The first-order valence-electron chi connectivity index (χ1n) is 9.35. The molecule has 0 radical (unpaired) electrons. The maximum Gasteiger partial charge on any atom is 0.243 e. The molecule has 2 aromatic carbocycles. The highest BCUT2D eigenvalue weighted by Crippen LogP contribution is 2.37. The number of aryl methyl sites for hydroxylation is 1. The predicted molar refractivity (Wildman–Crippen MR) is 116 cm³/mol. The minimum Gasteiger partial charge on any atom is -0.490 e. The van der Waals surface area contributed by atoms with E-state index in [0.29, 0.717) is 43.8 Å². The van der Waals surface area contributed by atoms with E-state index in [1.54, 1.807) is 10.8 Å². The van der Waals surface area contributed by atoms with E-state index in [0.717, 1.165) is 15.6 Å². The summed E-state index contributed by atoms with van der Waals surface area (Å²) in [5, 5.41) is 14.8. The minimum atomic E-state index is 0.471. The second-order valence-corrected chi connectivity index (χ2v) is 7.23. The quantitative estimate of drug-likeness (QED) is 0.451. The molecule has 0 aliphatic rings. The van der Waals surface area contributed by atoms with E-state index in [9.17, 15) is 0 Å². The molecule has 3 aromatic rings. The molecule has 3 rings (SSSR count). The zero-order chi connectivity index (χ0) is 20.6. The summed E-state index contributed by atoms with van der Waals surface area (Å²) in [6.07, 6.45) is 1.74. The number of hydrogen-bond acceptors (Lipinski definition) is 6. The molecule has 1 aromatic heterocycles. The van der Waals surface area contributed by atoms with E-state index in [1.807, 2.05) is 31.2 Å². The number of allylic oxidation sites excluding steroid dienone is 1. The fraction of sp³-hybridized carbons (Fsp3) is 0.286. The van der Waals surface area contributed by atoms with Crippen LogP contribution in [0.4, 0.5) is 5.95 Å². The summed E-state index contributed by atoms with van der Waals surface area (Å²) >= 11 is 3.63. The molecule has 1 N–H and O–H groups in total. The average molecular weight is 458 g/mol. The lowest BCUT2D eigenvalue weighted by Crippen LogP contribution is -2.09. The molecule has 7 nitrogen and oxygen atoms in total. The Hall–Kier alpha value is -2.87. The van der Waals surface area contributed by atoms with Crippen LogP contribution in [0.1, 0.15) is 23.6 Å². The largest absolute Gasteiger partial charge is 0.490 e. The molecule has 0 spiro atoms. The molecule has 0 unspecified atom stereocenters. The molecular formula is C21H24BrN5O2. The molecular weight excluding hydrogens is 434 g/mol. The molecule has 0 saturated heterocycles. The van der Waals surface area contributed by atoms with Crippen molar-refractivity contribution >= 4 is 21.9 Å². The van der Waals surface area contributed by atoms with Crippen molar-refractivity contribution in [3.05, 3.63) is 70.2 Å². The number of tetrazole rings is 1. The number of ether oxygens (including phenoxy) is 2. The minimum absolute atomic E-state index is 0.471. The van der Waals surface area contributed by atoms with Gasteiger partial charge >= 0.3 is 0 Å². The molecule has 0 fully saturated rings. The maximum atomic E-state index is 6.10. The Labute approximate surface area is 178 Å². The van der Waals surface area contributed by atoms with Gasteiger partial charge in [-0.3, -0.25) is 0 Å². The summed E-state index contributed by atoms with van der Waals surface area (Å²) < 4.78 is 14.4. The lowest BCUT2D eigenvalue weighted by atomic mass is 10.1. The van der Waals surface area contributed by atoms with Gasteiger partial charge in [0.1, 0.15) is 6.61 Å². The van der Waals surface area contributed by atoms with Gasteiger partial charge in [0.15, 0.2) is 11.5 Å². The Morgan fingerprint density at radius 1 is 1.24 bits per heavy atom. The normalized spacial score (nSPS) is 10.6.